The lowest BCUT2D eigenvalue weighted by molar-refractivity contribution is -0.125. The van der Waals surface area contributed by atoms with Crippen molar-refractivity contribution in [2.24, 2.45) is 5.92 Å². The van der Waals surface area contributed by atoms with Gasteiger partial charge in [-0.3, -0.25) is 14.5 Å². The number of carbonyl (C=O) groups is 2. The number of nitrogens with one attached hydrogen (secondary N) is 1. The molecule has 1 N–H and O–H groups in total. The fourth-order valence-corrected chi connectivity index (χ4v) is 3.56. The van der Waals surface area contributed by atoms with Gasteiger partial charge < -0.3 is 5.32 Å². The molecule has 1 saturated carbocycles. The molecule has 2 amide bonds. The molecule has 1 atom stereocenters. The van der Waals surface area contributed by atoms with Crippen molar-refractivity contribution in [1.29, 1.82) is 0 Å². The number of amides is 2. The molecule has 3 rings (SSSR count). The standard InChI is InChI=1S/C19H24N2O2/c1-12-8-10-15(11-9-12)20-18(22)14(3)21-13(2)16-6-4-5-7-17(16)19(21)23/h4-7,12,14-15H,2,8-11H2,1,3H3,(H,20,22)/t12?,14-,15?/m0/s1. The Kier molecular flexibility index (Phi) is 4.24. The first kappa shape index (κ1) is 15.8. The van der Waals surface area contributed by atoms with E-state index in [2.05, 4.69) is 18.8 Å². The first-order chi connectivity index (χ1) is 11.0. The first-order valence-corrected chi connectivity index (χ1v) is 8.41. The Morgan fingerprint density at radius 3 is 2.43 bits per heavy atom. The molecule has 4 nitrogen and oxygen atoms in total. The van der Waals surface area contributed by atoms with Crippen molar-refractivity contribution < 1.29 is 9.59 Å². The average Bonchev–Trinajstić information content (AvgIpc) is 2.81. The molecule has 2 aliphatic rings. The zero-order valence-electron chi connectivity index (χ0n) is 13.8. The number of benzene rings is 1. The Labute approximate surface area is 137 Å². The maximum Gasteiger partial charge on any atom is 0.259 e. The molecule has 0 bridgehead atoms. The van der Waals surface area contributed by atoms with Crippen LogP contribution in [0.4, 0.5) is 0 Å². The molecular weight excluding hydrogens is 288 g/mol. The first-order valence-electron chi connectivity index (χ1n) is 8.41. The summed E-state index contributed by atoms with van der Waals surface area (Å²) in [5.74, 6) is 0.521. The van der Waals surface area contributed by atoms with Crippen molar-refractivity contribution in [3.63, 3.8) is 0 Å². The molecule has 1 aliphatic carbocycles. The molecule has 1 aromatic rings. The minimum absolute atomic E-state index is 0.0909. The van der Waals surface area contributed by atoms with Gasteiger partial charge >= 0.3 is 0 Å². The summed E-state index contributed by atoms with van der Waals surface area (Å²) in [6.07, 6.45) is 4.35. The lowest BCUT2D eigenvalue weighted by atomic mass is 9.87. The van der Waals surface area contributed by atoms with Crippen LogP contribution in [-0.2, 0) is 4.79 Å². The van der Waals surface area contributed by atoms with E-state index in [4.69, 9.17) is 0 Å². The number of nitrogens with zero attached hydrogens (tertiary/aromatic N) is 1. The van der Waals surface area contributed by atoms with Gasteiger partial charge in [0.1, 0.15) is 6.04 Å². The van der Waals surface area contributed by atoms with Gasteiger partial charge in [0.15, 0.2) is 0 Å². The van der Waals surface area contributed by atoms with Crippen LogP contribution in [-0.4, -0.2) is 28.8 Å². The number of rotatable bonds is 3. The zero-order valence-corrected chi connectivity index (χ0v) is 13.8. The van der Waals surface area contributed by atoms with Gasteiger partial charge in [0, 0.05) is 22.9 Å². The van der Waals surface area contributed by atoms with Crippen molar-refractivity contribution in [3.8, 4) is 0 Å². The monoisotopic (exact) mass is 312 g/mol. The molecule has 0 radical (unpaired) electrons. The number of hydrogen-bond acceptors (Lipinski definition) is 2. The van der Waals surface area contributed by atoms with Gasteiger partial charge in [0.05, 0.1) is 0 Å². The highest BCUT2D eigenvalue weighted by molar-refractivity contribution is 6.10. The Hall–Kier alpha value is -2.10. The van der Waals surface area contributed by atoms with E-state index < -0.39 is 6.04 Å². The third kappa shape index (κ3) is 2.90. The normalized spacial score (nSPS) is 25.2. The fourth-order valence-electron chi connectivity index (χ4n) is 3.56. The van der Waals surface area contributed by atoms with E-state index in [1.54, 1.807) is 13.0 Å². The highest BCUT2D eigenvalue weighted by atomic mass is 16.2. The number of carbonyl (C=O) groups excluding carboxylic acids is 2. The van der Waals surface area contributed by atoms with Crippen molar-refractivity contribution >= 4 is 17.5 Å². The third-order valence-corrected chi connectivity index (χ3v) is 5.11. The molecule has 1 aliphatic heterocycles. The Bertz CT molecular complexity index is 610. The van der Waals surface area contributed by atoms with E-state index in [0.29, 0.717) is 11.3 Å². The molecule has 4 heteroatoms. The molecule has 0 saturated heterocycles. The summed E-state index contributed by atoms with van der Waals surface area (Å²) < 4.78 is 0. The molecule has 1 heterocycles. The fraction of sp³-hybridized carbons (Fsp3) is 0.474. The van der Waals surface area contributed by atoms with Gasteiger partial charge in [0.2, 0.25) is 5.91 Å². The lowest BCUT2D eigenvalue weighted by Crippen LogP contribution is -2.48. The van der Waals surface area contributed by atoms with Crippen LogP contribution in [0, 0.1) is 5.92 Å². The van der Waals surface area contributed by atoms with Crippen molar-refractivity contribution in [1.82, 2.24) is 10.2 Å². The summed E-state index contributed by atoms with van der Waals surface area (Å²) in [4.78, 5) is 26.7. The molecule has 1 aromatic carbocycles. The summed E-state index contributed by atoms with van der Waals surface area (Å²) >= 11 is 0. The molecule has 0 unspecified atom stereocenters. The summed E-state index contributed by atoms with van der Waals surface area (Å²) in [7, 11) is 0. The van der Waals surface area contributed by atoms with Crippen LogP contribution in [0.1, 0.15) is 55.5 Å². The largest absolute Gasteiger partial charge is 0.352 e. The topological polar surface area (TPSA) is 49.4 Å². The molecule has 122 valence electrons. The predicted molar refractivity (Wildman–Crippen MR) is 90.7 cm³/mol. The number of hydrogen-bond donors (Lipinski definition) is 1. The predicted octanol–water partition coefficient (Wildman–Crippen LogP) is 3.20. The molecule has 0 spiro atoms. The summed E-state index contributed by atoms with van der Waals surface area (Å²) in [5, 5.41) is 3.11. The van der Waals surface area contributed by atoms with E-state index in [1.807, 2.05) is 18.2 Å². The molecule has 1 fully saturated rings. The van der Waals surface area contributed by atoms with Crippen LogP contribution >= 0.6 is 0 Å². The second-order valence-corrected chi connectivity index (χ2v) is 6.81. The quantitative estimate of drug-likeness (QED) is 0.932. The number of fused-ring (bicyclic) bond motifs is 1. The van der Waals surface area contributed by atoms with Crippen LogP contribution < -0.4 is 5.32 Å². The van der Waals surface area contributed by atoms with Crippen molar-refractivity contribution in [3.05, 3.63) is 42.0 Å². The van der Waals surface area contributed by atoms with Gasteiger partial charge in [0.25, 0.3) is 5.91 Å². The third-order valence-electron chi connectivity index (χ3n) is 5.11. The van der Waals surface area contributed by atoms with Crippen LogP contribution in [0.3, 0.4) is 0 Å². The van der Waals surface area contributed by atoms with Crippen LogP contribution in [0.5, 0.6) is 0 Å². The minimum Gasteiger partial charge on any atom is -0.352 e. The van der Waals surface area contributed by atoms with Gasteiger partial charge in [-0.25, -0.2) is 0 Å². The van der Waals surface area contributed by atoms with E-state index >= 15 is 0 Å². The van der Waals surface area contributed by atoms with E-state index in [-0.39, 0.29) is 17.9 Å². The van der Waals surface area contributed by atoms with E-state index in [9.17, 15) is 9.59 Å². The Morgan fingerprint density at radius 1 is 1.22 bits per heavy atom. The average molecular weight is 312 g/mol. The molecule has 0 aromatic heterocycles. The highest BCUT2D eigenvalue weighted by Crippen LogP contribution is 2.33. The summed E-state index contributed by atoms with van der Waals surface area (Å²) in [5.41, 5.74) is 2.07. The Morgan fingerprint density at radius 2 is 1.83 bits per heavy atom. The second kappa shape index (κ2) is 6.19. The highest BCUT2D eigenvalue weighted by Gasteiger charge is 2.37. The van der Waals surface area contributed by atoms with Gasteiger partial charge in [-0.05, 0) is 44.6 Å². The van der Waals surface area contributed by atoms with Gasteiger partial charge in [-0.15, -0.1) is 0 Å². The lowest BCUT2D eigenvalue weighted by Gasteiger charge is -2.30. The maximum atomic E-state index is 12.6. The second-order valence-electron chi connectivity index (χ2n) is 6.81. The van der Waals surface area contributed by atoms with E-state index in [0.717, 1.165) is 37.2 Å². The zero-order chi connectivity index (χ0) is 16.6. The maximum absolute atomic E-state index is 12.6. The van der Waals surface area contributed by atoms with Crippen LogP contribution in [0.15, 0.2) is 30.8 Å². The summed E-state index contributed by atoms with van der Waals surface area (Å²) in [6.45, 7) is 8.04. The van der Waals surface area contributed by atoms with Gasteiger partial charge in [-0.1, -0.05) is 31.7 Å². The smallest absolute Gasteiger partial charge is 0.259 e. The Balaban J connectivity index is 1.69. The molecule has 23 heavy (non-hydrogen) atoms. The minimum atomic E-state index is -0.540. The SMILES string of the molecule is C=C1c2ccccc2C(=O)N1[C@@H](C)C(=O)NC1CCC(C)CC1. The van der Waals surface area contributed by atoms with Gasteiger partial charge in [-0.2, -0.15) is 0 Å². The van der Waals surface area contributed by atoms with Crippen LogP contribution in [0.2, 0.25) is 0 Å². The van der Waals surface area contributed by atoms with Crippen LogP contribution in [0.25, 0.3) is 5.70 Å². The molecular formula is C19H24N2O2. The summed E-state index contributed by atoms with van der Waals surface area (Å²) in [6, 6.07) is 7.07. The van der Waals surface area contributed by atoms with Crippen molar-refractivity contribution in [2.45, 2.75) is 51.6 Å². The van der Waals surface area contributed by atoms with Crippen molar-refractivity contribution in [2.75, 3.05) is 0 Å². The van der Waals surface area contributed by atoms with E-state index in [1.165, 1.54) is 4.90 Å².